The van der Waals surface area contributed by atoms with Gasteiger partial charge in [0.05, 0.1) is 11.2 Å². The maximum absolute atomic E-state index is 12.8. The molecule has 7 heteroatoms. The fourth-order valence-corrected chi connectivity index (χ4v) is 2.86. The molecule has 0 aliphatic heterocycles. The maximum atomic E-state index is 12.8. The first kappa shape index (κ1) is 17.8. The molecule has 0 saturated carbocycles. The highest BCUT2D eigenvalue weighted by molar-refractivity contribution is 6.08. The lowest BCUT2D eigenvalue weighted by atomic mass is 10.1. The van der Waals surface area contributed by atoms with Crippen molar-refractivity contribution < 1.29 is 4.79 Å². The molecule has 0 aliphatic carbocycles. The molecule has 7 nitrogen and oxygen atoms in total. The summed E-state index contributed by atoms with van der Waals surface area (Å²) in [6.07, 6.45) is 2.63. The van der Waals surface area contributed by atoms with Crippen LogP contribution in [-0.2, 0) is 13.6 Å². The van der Waals surface area contributed by atoms with Crippen LogP contribution in [0.15, 0.2) is 35.3 Å². The van der Waals surface area contributed by atoms with E-state index in [2.05, 4.69) is 29.5 Å². The van der Waals surface area contributed by atoms with Crippen LogP contribution in [0.5, 0.6) is 0 Å². The lowest BCUT2D eigenvalue weighted by Crippen LogP contribution is -2.30. The van der Waals surface area contributed by atoms with Gasteiger partial charge in [-0.15, -0.1) is 5.10 Å². The number of pyridine rings is 1. The monoisotopic (exact) mass is 353 g/mol. The number of aryl methyl sites for hydroxylation is 3. The van der Waals surface area contributed by atoms with Gasteiger partial charge in [-0.05, 0) is 43.0 Å². The van der Waals surface area contributed by atoms with Crippen LogP contribution in [0.3, 0.4) is 0 Å². The molecule has 0 aliphatic rings. The Morgan fingerprint density at radius 3 is 2.77 bits per heavy atom. The summed E-state index contributed by atoms with van der Waals surface area (Å²) in [5.74, 6) is 0.0549. The first-order chi connectivity index (χ1) is 12.4. The van der Waals surface area contributed by atoms with E-state index in [9.17, 15) is 9.59 Å². The second kappa shape index (κ2) is 7.11. The average molecular weight is 353 g/mol. The minimum atomic E-state index is -0.426. The van der Waals surface area contributed by atoms with Gasteiger partial charge < -0.3 is 9.88 Å². The number of amides is 1. The van der Waals surface area contributed by atoms with Crippen molar-refractivity contribution in [3.05, 3.63) is 51.9 Å². The molecule has 0 unspecified atom stereocenters. The highest BCUT2D eigenvalue weighted by atomic mass is 16.2. The second-order valence-electron chi connectivity index (χ2n) is 6.90. The summed E-state index contributed by atoms with van der Waals surface area (Å²) in [5.41, 5.74) is 2.49. The highest BCUT2D eigenvalue weighted by Gasteiger charge is 2.18. The van der Waals surface area contributed by atoms with E-state index in [1.54, 1.807) is 41.5 Å². The normalized spacial score (nSPS) is 11.3. The molecule has 1 amide bonds. The van der Waals surface area contributed by atoms with Gasteiger partial charge in [0, 0.05) is 19.8 Å². The number of hydrogen-bond donors (Lipinski definition) is 1. The largest absolute Gasteiger partial charge is 0.320 e. The third-order valence-electron chi connectivity index (χ3n) is 4.44. The molecule has 0 atom stereocenters. The smallest absolute Gasteiger partial charge is 0.263 e. The Bertz CT molecular complexity index is 1020. The number of nitrogens with one attached hydrogen (secondary N) is 1. The van der Waals surface area contributed by atoms with Crippen LogP contribution in [0.1, 0.15) is 36.2 Å². The first-order valence-electron chi connectivity index (χ1n) is 8.68. The van der Waals surface area contributed by atoms with Gasteiger partial charge in [-0.2, -0.15) is 0 Å². The van der Waals surface area contributed by atoms with E-state index in [1.807, 2.05) is 12.1 Å². The zero-order valence-corrected chi connectivity index (χ0v) is 15.5. The molecule has 0 saturated heterocycles. The van der Waals surface area contributed by atoms with E-state index >= 15 is 0 Å². The Kier molecular flexibility index (Phi) is 4.88. The summed E-state index contributed by atoms with van der Waals surface area (Å²) in [5, 5.41) is 10.9. The van der Waals surface area contributed by atoms with Gasteiger partial charge in [0.15, 0.2) is 0 Å². The van der Waals surface area contributed by atoms with Crippen LogP contribution < -0.4 is 10.9 Å². The van der Waals surface area contributed by atoms with Gasteiger partial charge in [-0.3, -0.25) is 9.59 Å². The second-order valence-corrected chi connectivity index (χ2v) is 6.90. The number of aromatic nitrogens is 4. The van der Waals surface area contributed by atoms with Crippen molar-refractivity contribution in [3.8, 4) is 0 Å². The Hall–Kier alpha value is -2.96. The SMILES string of the molecule is Cc1ccn(CCC(C)C)c(=O)c1C(=O)Nc1cccc2c1nnn2C. The van der Waals surface area contributed by atoms with Gasteiger partial charge in [0.25, 0.3) is 11.5 Å². The summed E-state index contributed by atoms with van der Waals surface area (Å²) < 4.78 is 3.24. The van der Waals surface area contributed by atoms with Crippen LogP contribution in [0, 0.1) is 12.8 Å². The molecule has 2 aromatic heterocycles. The van der Waals surface area contributed by atoms with Crippen molar-refractivity contribution in [1.29, 1.82) is 0 Å². The van der Waals surface area contributed by atoms with E-state index in [0.717, 1.165) is 11.9 Å². The average Bonchev–Trinajstić information content (AvgIpc) is 2.96. The Labute approximate surface area is 151 Å². The fraction of sp³-hybridized carbons (Fsp3) is 0.368. The summed E-state index contributed by atoms with van der Waals surface area (Å²) >= 11 is 0. The number of anilines is 1. The van der Waals surface area contributed by atoms with Crippen molar-refractivity contribution in [2.24, 2.45) is 13.0 Å². The molecule has 1 aromatic carbocycles. The summed E-state index contributed by atoms with van der Waals surface area (Å²) in [4.78, 5) is 25.6. The van der Waals surface area contributed by atoms with Crippen LogP contribution in [0.2, 0.25) is 0 Å². The molecular formula is C19H23N5O2. The molecule has 0 radical (unpaired) electrons. The lowest BCUT2D eigenvalue weighted by molar-refractivity contribution is 0.102. The van der Waals surface area contributed by atoms with Crippen molar-refractivity contribution in [3.63, 3.8) is 0 Å². The van der Waals surface area contributed by atoms with Crippen molar-refractivity contribution in [2.45, 2.75) is 33.7 Å². The quantitative estimate of drug-likeness (QED) is 0.765. The number of carbonyl (C=O) groups is 1. The molecule has 26 heavy (non-hydrogen) atoms. The van der Waals surface area contributed by atoms with Crippen molar-refractivity contribution in [2.75, 3.05) is 5.32 Å². The lowest BCUT2D eigenvalue weighted by Gasteiger charge is -2.12. The molecule has 2 heterocycles. The van der Waals surface area contributed by atoms with Crippen LogP contribution in [0.25, 0.3) is 11.0 Å². The molecule has 3 rings (SSSR count). The Morgan fingerprint density at radius 2 is 2.04 bits per heavy atom. The number of fused-ring (bicyclic) bond motifs is 1. The van der Waals surface area contributed by atoms with Crippen LogP contribution in [-0.4, -0.2) is 25.5 Å². The van der Waals surface area contributed by atoms with Gasteiger partial charge in [0.2, 0.25) is 0 Å². The Balaban J connectivity index is 1.94. The zero-order valence-electron chi connectivity index (χ0n) is 15.5. The number of benzene rings is 1. The number of nitrogens with zero attached hydrogens (tertiary/aromatic N) is 4. The molecule has 1 N–H and O–H groups in total. The summed E-state index contributed by atoms with van der Waals surface area (Å²) in [7, 11) is 1.79. The minimum absolute atomic E-state index is 0.164. The maximum Gasteiger partial charge on any atom is 0.263 e. The van der Waals surface area contributed by atoms with Gasteiger partial charge in [-0.25, -0.2) is 4.68 Å². The number of hydrogen-bond acceptors (Lipinski definition) is 4. The molecule has 0 bridgehead atoms. The van der Waals surface area contributed by atoms with Crippen molar-refractivity contribution in [1.82, 2.24) is 19.6 Å². The molecule has 0 spiro atoms. The molecule has 0 fully saturated rings. The van der Waals surface area contributed by atoms with Crippen LogP contribution in [0.4, 0.5) is 5.69 Å². The summed E-state index contributed by atoms with van der Waals surface area (Å²) in [6, 6.07) is 7.25. The van der Waals surface area contributed by atoms with E-state index in [0.29, 0.717) is 29.2 Å². The number of rotatable bonds is 5. The Morgan fingerprint density at radius 1 is 1.27 bits per heavy atom. The van der Waals surface area contributed by atoms with E-state index in [4.69, 9.17) is 0 Å². The number of carbonyl (C=O) groups excluding carboxylic acids is 1. The predicted octanol–water partition coefficient (Wildman–Crippen LogP) is 2.74. The molecule has 136 valence electrons. The molecule has 3 aromatic rings. The van der Waals surface area contributed by atoms with E-state index in [-0.39, 0.29) is 11.1 Å². The third kappa shape index (κ3) is 3.37. The first-order valence-corrected chi connectivity index (χ1v) is 8.68. The van der Waals surface area contributed by atoms with E-state index < -0.39 is 5.91 Å². The minimum Gasteiger partial charge on any atom is -0.320 e. The van der Waals surface area contributed by atoms with Crippen LogP contribution >= 0.6 is 0 Å². The molecular weight excluding hydrogens is 330 g/mol. The zero-order chi connectivity index (χ0) is 18.8. The highest BCUT2D eigenvalue weighted by Crippen LogP contribution is 2.21. The van der Waals surface area contributed by atoms with Gasteiger partial charge in [-0.1, -0.05) is 25.1 Å². The van der Waals surface area contributed by atoms with Gasteiger partial charge >= 0.3 is 0 Å². The topological polar surface area (TPSA) is 81.8 Å². The van der Waals surface area contributed by atoms with E-state index in [1.165, 1.54) is 0 Å². The van der Waals surface area contributed by atoms with Crippen molar-refractivity contribution >= 4 is 22.6 Å². The van der Waals surface area contributed by atoms with Gasteiger partial charge in [0.1, 0.15) is 11.1 Å². The summed E-state index contributed by atoms with van der Waals surface area (Å²) in [6.45, 7) is 6.57. The fourth-order valence-electron chi connectivity index (χ4n) is 2.86. The standard InChI is InChI=1S/C19H23N5O2/c1-12(2)8-10-24-11-9-13(3)16(19(24)26)18(25)20-14-6-5-7-15-17(14)21-22-23(15)4/h5-7,9,11-12H,8,10H2,1-4H3,(H,20,25). The predicted molar refractivity (Wildman–Crippen MR) is 101 cm³/mol. The third-order valence-corrected chi connectivity index (χ3v) is 4.44.